The largest absolute Gasteiger partial charge is 0.387 e. The third-order valence-electron chi connectivity index (χ3n) is 4.11. The Labute approximate surface area is 160 Å². The van der Waals surface area contributed by atoms with Crippen LogP contribution in [-0.2, 0) is 14.4 Å². The number of hydrogen-bond donors (Lipinski definition) is 4. The van der Waals surface area contributed by atoms with Crippen LogP contribution in [0.4, 0.5) is 5.82 Å². The number of nitrogens with two attached hydrogens (primary N) is 1. The number of hydroxylamine groups is 1. The number of unbranched alkanes of at least 4 members (excludes halogenated alkanes) is 1. The summed E-state index contributed by atoms with van der Waals surface area (Å²) >= 11 is 0. The Balaban J connectivity index is 1.93. The summed E-state index contributed by atoms with van der Waals surface area (Å²) in [5.41, 5.74) is 8.66. The minimum absolute atomic E-state index is 0.128. The average molecular weight is 390 g/mol. The van der Waals surface area contributed by atoms with E-state index in [-0.39, 0.29) is 23.9 Å². The Kier molecular flexibility index (Phi) is 6.05. The summed E-state index contributed by atoms with van der Waals surface area (Å²) in [6, 6.07) is 0. The predicted octanol–water partition coefficient (Wildman–Crippen LogP) is -0.753. The fourth-order valence-corrected chi connectivity index (χ4v) is 2.75. The second-order valence-electron chi connectivity index (χ2n) is 6.14. The van der Waals surface area contributed by atoms with Gasteiger partial charge in [0.2, 0.25) is 5.82 Å². The number of rotatable bonds is 5. The maximum Gasteiger partial charge on any atom is 0.275 e. The van der Waals surface area contributed by atoms with E-state index in [1.165, 1.54) is 10.9 Å². The highest BCUT2D eigenvalue weighted by Gasteiger charge is 2.48. The first-order valence-corrected chi connectivity index (χ1v) is 8.90. The molecule has 0 aromatic carbocycles. The molecule has 0 bridgehead atoms. The van der Waals surface area contributed by atoms with E-state index in [2.05, 4.69) is 32.3 Å². The summed E-state index contributed by atoms with van der Waals surface area (Å²) in [5.74, 6) is 5.39. The van der Waals surface area contributed by atoms with Crippen molar-refractivity contribution in [3.8, 4) is 11.8 Å². The molecule has 0 aliphatic carbocycles. The van der Waals surface area contributed by atoms with Gasteiger partial charge < -0.3 is 20.7 Å². The molecule has 1 fully saturated rings. The van der Waals surface area contributed by atoms with E-state index in [0.717, 1.165) is 6.42 Å². The topological polar surface area (TPSA) is 158 Å². The fraction of sp³-hybridized carbons (Fsp3) is 0.529. The van der Waals surface area contributed by atoms with E-state index in [9.17, 15) is 15.0 Å². The Bertz CT molecular complexity index is 920. The molecule has 2 aromatic heterocycles. The Morgan fingerprint density at radius 1 is 1.39 bits per heavy atom. The number of anilines is 1. The van der Waals surface area contributed by atoms with Crippen molar-refractivity contribution in [2.24, 2.45) is 0 Å². The summed E-state index contributed by atoms with van der Waals surface area (Å²) in [4.78, 5) is 29.5. The number of ether oxygens (including phenoxy) is 1. The van der Waals surface area contributed by atoms with Crippen LogP contribution in [0.3, 0.4) is 0 Å². The lowest BCUT2D eigenvalue weighted by Crippen LogP contribution is -2.42. The van der Waals surface area contributed by atoms with Crippen LogP contribution in [0.15, 0.2) is 6.33 Å². The molecule has 4 atom stereocenters. The van der Waals surface area contributed by atoms with Crippen LogP contribution in [0, 0.1) is 11.8 Å². The van der Waals surface area contributed by atoms with E-state index in [1.807, 2.05) is 6.92 Å². The van der Waals surface area contributed by atoms with Gasteiger partial charge in [-0.2, -0.15) is 0 Å². The number of nitrogen functional groups attached to an aromatic ring is 1. The van der Waals surface area contributed by atoms with Gasteiger partial charge in [0.05, 0.1) is 12.9 Å². The van der Waals surface area contributed by atoms with Gasteiger partial charge >= 0.3 is 0 Å². The maximum atomic E-state index is 12.1. The monoisotopic (exact) mass is 390 g/mol. The number of imidazole rings is 1. The highest BCUT2D eigenvalue weighted by Crippen LogP contribution is 2.32. The van der Waals surface area contributed by atoms with Gasteiger partial charge in [0.15, 0.2) is 23.8 Å². The van der Waals surface area contributed by atoms with Crippen molar-refractivity contribution >= 4 is 22.9 Å². The number of carbonyl (C=O) groups is 1. The summed E-state index contributed by atoms with van der Waals surface area (Å²) in [5, 5.41) is 20.6. The zero-order valence-corrected chi connectivity index (χ0v) is 15.5. The van der Waals surface area contributed by atoms with Gasteiger partial charge in [-0.25, -0.2) is 20.4 Å². The second kappa shape index (κ2) is 8.49. The van der Waals surface area contributed by atoms with Gasteiger partial charge in [-0.3, -0.25) is 14.2 Å². The number of amides is 1. The number of nitrogens with one attached hydrogen (secondary N) is 1. The maximum absolute atomic E-state index is 12.1. The molecule has 0 spiro atoms. The molecule has 1 amide bonds. The molecule has 1 aliphatic heterocycles. The van der Waals surface area contributed by atoms with E-state index in [1.54, 1.807) is 6.92 Å². The summed E-state index contributed by atoms with van der Waals surface area (Å²) in [7, 11) is 0. The summed E-state index contributed by atoms with van der Waals surface area (Å²) in [6.07, 6.45) is -2.37. The molecule has 0 saturated carbocycles. The first-order valence-electron chi connectivity index (χ1n) is 8.90. The molecule has 11 heteroatoms. The van der Waals surface area contributed by atoms with Crippen LogP contribution in [0.5, 0.6) is 0 Å². The van der Waals surface area contributed by atoms with Gasteiger partial charge in [-0.05, 0) is 19.3 Å². The first-order chi connectivity index (χ1) is 13.5. The van der Waals surface area contributed by atoms with E-state index >= 15 is 0 Å². The van der Waals surface area contributed by atoms with Crippen molar-refractivity contribution < 1.29 is 24.6 Å². The van der Waals surface area contributed by atoms with E-state index in [4.69, 9.17) is 15.3 Å². The molecular weight excluding hydrogens is 368 g/mol. The highest BCUT2D eigenvalue weighted by atomic mass is 16.7. The molecule has 2 aromatic rings. The quantitative estimate of drug-likeness (QED) is 0.381. The van der Waals surface area contributed by atoms with Crippen molar-refractivity contribution in [2.45, 2.75) is 51.2 Å². The lowest BCUT2D eigenvalue weighted by atomic mass is 10.1. The van der Waals surface area contributed by atoms with Gasteiger partial charge in [0.1, 0.15) is 17.7 Å². The lowest BCUT2D eigenvalue weighted by molar-refractivity contribution is -0.150. The minimum atomic E-state index is -1.47. The summed E-state index contributed by atoms with van der Waals surface area (Å²) < 4.78 is 6.96. The number of aromatic nitrogens is 4. The number of hydrogen-bond acceptors (Lipinski definition) is 9. The van der Waals surface area contributed by atoms with Gasteiger partial charge in [-0.15, -0.1) is 0 Å². The second-order valence-corrected chi connectivity index (χ2v) is 6.14. The van der Waals surface area contributed by atoms with Crippen LogP contribution in [0.2, 0.25) is 0 Å². The van der Waals surface area contributed by atoms with Crippen molar-refractivity contribution in [3.63, 3.8) is 0 Å². The fourth-order valence-electron chi connectivity index (χ4n) is 2.75. The zero-order valence-electron chi connectivity index (χ0n) is 15.5. The van der Waals surface area contributed by atoms with Crippen LogP contribution in [0.25, 0.3) is 11.2 Å². The van der Waals surface area contributed by atoms with E-state index < -0.39 is 30.4 Å². The summed E-state index contributed by atoms with van der Waals surface area (Å²) in [6.45, 7) is 3.93. The standard InChI is InChI=1S/C17H22N6O5/c1-3-5-6-7-9-20-14(18)10-15(21-9)23(8-19-10)17-12(25)11(24)13(28-17)16(26)22-27-4-2/h8,11-13,17,24-25H,3-5H2,1-2H3,(H,22,26)(H2,18,20,21)/t11-,12+,13-,17+/m0/s1. The zero-order chi connectivity index (χ0) is 20.3. The molecule has 0 radical (unpaired) electrons. The number of carbonyl (C=O) groups excluding carboxylic acids is 1. The third kappa shape index (κ3) is 3.76. The van der Waals surface area contributed by atoms with Gasteiger partial charge in [0, 0.05) is 6.42 Å². The molecule has 5 N–H and O–H groups in total. The van der Waals surface area contributed by atoms with Gasteiger partial charge in [-0.1, -0.05) is 12.8 Å². The minimum Gasteiger partial charge on any atom is -0.387 e. The van der Waals surface area contributed by atoms with Crippen molar-refractivity contribution in [3.05, 3.63) is 12.2 Å². The Hall–Kier alpha value is -2.78. The molecule has 1 aliphatic rings. The number of nitrogens with zero attached hydrogens (tertiary/aromatic N) is 4. The van der Waals surface area contributed by atoms with Gasteiger partial charge in [0.25, 0.3) is 5.91 Å². The highest BCUT2D eigenvalue weighted by molar-refractivity contribution is 5.82. The number of aliphatic hydroxyl groups is 2. The Morgan fingerprint density at radius 3 is 2.89 bits per heavy atom. The van der Waals surface area contributed by atoms with Crippen LogP contribution >= 0.6 is 0 Å². The molecular formula is C17H22N6O5. The molecule has 1 saturated heterocycles. The first kappa shape index (κ1) is 20.0. The average Bonchev–Trinajstić information content (AvgIpc) is 3.22. The van der Waals surface area contributed by atoms with Crippen molar-refractivity contribution in [1.82, 2.24) is 25.0 Å². The SMILES string of the molecule is CCCC#Cc1nc(N)c2ncn([C@@H]3O[C@H](C(=O)NOCC)[C@@H](O)[C@H]3O)c2n1. The van der Waals surface area contributed by atoms with Crippen molar-refractivity contribution in [2.75, 3.05) is 12.3 Å². The number of fused-ring (bicyclic) bond motifs is 1. The molecule has 3 heterocycles. The Morgan fingerprint density at radius 2 is 2.18 bits per heavy atom. The van der Waals surface area contributed by atoms with Crippen LogP contribution < -0.4 is 11.2 Å². The normalized spacial score (nSPS) is 24.1. The molecule has 150 valence electrons. The molecule has 28 heavy (non-hydrogen) atoms. The van der Waals surface area contributed by atoms with Crippen LogP contribution in [-0.4, -0.2) is 60.6 Å². The van der Waals surface area contributed by atoms with E-state index in [0.29, 0.717) is 11.9 Å². The predicted molar refractivity (Wildman–Crippen MR) is 97.2 cm³/mol. The van der Waals surface area contributed by atoms with Crippen molar-refractivity contribution in [1.29, 1.82) is 0 Å². The molecule has 11 nitrogen and oxygen atoms in total. The third-order valence-corrected chi connectivity index (χ3v) is 4.11. The number of aliphatic hydroxyl groups excluding tert-OH is 2. The molecule has 0 unspecified atom stereocenters. The van der Waals surface area contributed by atoms with Crippen LogP contribution in [0.1, 0.15) is 38.7 Å². The lowest BCUT2D eigenvalue weighted by Gasteiger charge is -2.16. The smallest absolute Gasteiger partial charge is 0.275 e. The molecule has 3 rings (SSSR count).